The van der Waals surface area contributed by atoms with Gasteiger partial charge in [0.25, 0.3) is 0 Å². The van der Waals surface area contributed by atoms with Crippen LogP contribution in [0.3, 0.4) is 0 Å². The number of rotatable bonds is 6. The second-order valence-corrected chi connectivity index (χ2v) is 6.00. The first kappa shape index (κ1) is 13.0. The van der Waals surface area contributed by atoms with Gasteiger partial charge in [0, 0.05) is 18.0 Å². The fraction of sp³-hybridized carbons (Fsp3) is 0.455. The van der Waals surface area contributed by atoms with Crippen LogP contribution in [-0.2, 0) is 9.84 Å². The summed E-state index contributed by atoms with van der Waals surface area (Å²) in [6.45, 7) is 2.22. The van der Waals surface area contributed by atoms with Crippen molar-refractivity contribution in [2.24, 2.45) is 0 Å². The molecular formula is C11H16FNO2S. The molecule has 0 radical (unpaired) electrons. The Kier molecular flexibility index (Phi) is 4.73. The molecule has 0 aromatic heterocycles. The maximum absolute atomic E-state index is 12.6. The molecule has 0 amide bonds. The van der Waals surface area contributed by atoms with Crippen molar-refractivity contribution >= 4 is 15.5 Å². The summed E-state index contributed by atoms with van der Waals surface area (Å²) in [5, 5.41) is 3.04. The Balaban J connectivity index is 2.29. The van der Waals surface area contributed by atoms with Crippen LogP contribution in [0, 0.1) is 5.82 Å². The molecule has 0 bridgehead atoms. The summed E-state index contributed by atoms with van der Waals surface area (Å²) in [4.78, 5) is 0. The van der Waals surface area contributed by atoms with Crippen molar-refractivity contribution in [1.29, 1.82) is 0 Å². The summed E-state index contributed by atoms with van der Waals surface area (Å²) in [7, 11) is -2.88. The van der Waals surface area contributed by atoms with E-state index in [4.69, 9.17) is 0 Å². The fourth-order valence-electron chi connectivity index (χ4n) is 1.24. The molecule has 16 heavy (non-hydrogen) atoms. The van der Waals surface area contributed by atoms with Gasteiger partial charge in [-0.15, -0.1) is 0 Å². The van der Waals surface area contributed by atoms with Crippen molar-refractivity contribution in [3.8, 4) is 0 Å². The number of benzene rings is 1. The number of hydrogen-bond donors (Lipinski definition) is 1. The first-order chi connectivity index (χ1) is 7.53. The van der Waals surface area contributed by atoms with Gasteiger partial charge >= 0.3 is 0 Å². The van der Waals surface area contributed by atoms with Crippen molar-refractivity contribution < 1.29 is 12.8 Å². The van der Waals surface area contributed by atoms with Crippen molar-refractivity contribution in [2.45, 2.75) is 13.3 Å². The van der Waals surface area contributed by atoms with E-state index in [0.29, 0.717) is 13.0 Å². The van der Waals surface area contributed by atoms with Crippen molar-refractivity contribution in [2.75, 3.05) is 23.4 Å². The van der Waals surface area contributed by atoms with Gasteiger partial charge in [0.1, 0.15) is 15.7 Å². The third-order valence-electron chi connectivity index (χ3n) is 2.25. The van der Waals surface area contributed by atoms with E-state index in [1.165, 1.54) is 12.1 Å². The monoisotopic (exact) mass is 245 g/mol. The Hall–Kier alpha value is -1.10. The maximum atomic E-state index is 12.6. The lowest BCUT2D eigenvalue weighted by Gasteiger charge is -2.06. The normalized spacial score (nSPS) is 11.4. The molecule has 5 heteroatoms. The molecule has 90 valence electrons. The largest absolute Gasteiger partial charge is 0.385 e. The number of halogens is 1. The highest BCUT2D eigenvalue weighted by Crippen LogP contribution is 2.08. The van der Waals surface area contributed by atoms with Crippen LogP contribution in [0.1, 0.15) is 13.3 Å². The molecule has 3 nitrogen and oxygen atoms in total. The first-order valence-electron chi connectivity index (χ1n) is 5.23. The molecule has 0 heterocycles. The molecule has 0 saturated carbocycles. The number of hydrogen-bond acceptors (Lipinski definition) is 3. The molecule has 0 atom stereocenters. The van der Waals surface area contributed by atoms with Crippen LogP contribution in [0.25, 0.3) is 0 Å². The zero-order valence-electron chi connectivity index (χ0n) is 9.24. The van der Waals surface area contributed by atoms with Crippen LogP contribution in [0.15, 0.2) is 24.3 Å². The summed E-state index contributed by atoms with van der Waals surface area (Å²) in [5.41, 5.74) is 0.801. The second-order valence-electron chi connectivity index (χ2n) is 3.52. The zero-order chi connectivity index (χ0) is 12.0. The quantitative estimate of drug-likeness (QED) is 0.780. The average molecular weight is 245 g/mol. The Morgan fingerprint density at radius 3 is 2.44 bits per heavy atom. The SMILES string of the molecule is CCS(=O)(=O)CCCNc1ccc(F)cc1. The average Bonchev–Trinajstić information content (AvgIpc) is 2.27. The third kappa shape index (κ3) is 4.61. The van der Waals surface area contributed by atoms with Gasteiger partial charge in [0.05, 0.1) is 5.75 Å². The van der Waals surface area contributed by atoms with E-state index in [1.807, 2.05) is 0 Å². The molecule has 1 rings (SSSR count). The standard InChI is InChI=1S/C11H16FNO2S/c1-2-16(14,15)9-3-8-13-11-6-4-10(12)5-7-11/h4-7,13H,2-3,8-9H2,1H3. The summed E-state index contributed by atoms with van der Waals surface area (Å²) in [6.07, 6.45) is 0.563. The van der Waals surface area contributed by atoms with Gasteiger partial charge in [-0.05, 0) is 30.7 Å². The van der Waals surface area contributed by atoms with Gasteiger partial charge in [-0.1, -0.05) is 6.92 Å². The van der Waals surface area contributed by atoms with Crippen LogP contribution >= 0.6 is 0 Å². The van der Waals surface area contributed by atoms with E-state index in [0.717, 1.165) is 5.69 Å². The highest BCUT2D eigenvalue weighted by molar-refractivity contribution is 7.91. The number of nitrogens with one attached hydrogen (secondary N) is 1. The molecule has 1 N–H and O–H groups in total. The van der Waals surface area contributed by atoms with Gasteiger partial charge in [-0.2, -0.15) is 0 Å². The fourth-order valence-corrected chi connectivity index (χ4v) is 2.11. The predicted octanol–water partition coefficient (Wildman–Crippen LogP) is 2.06. The van der Waals surface area contributed by atoms with E-state index in [2.05, 4.69) is 5.32 Å². The summed E-state index contributed by atoms with van der Waals surface area (Å²) < 4.78 is 34.9. The molecule has 1 aromatic rings. The second kappa shape index (κ2) is 5.84. The van der Waals surface area contributed by atoms with E-state index in [9.17, 15) is 12.8 Å². The third-order valence-corrected chi connectivity index (χ3v) is 4.04. The Bertz CT molecular complexity index is 414. The van der Waals surface area contributed by atoms with Crippen LogP contribution in [0.5, 0.6) is 0 Å². The molecule has 0 aliphatic carbocycles. The summed E-state index contributed by atoms with van der Waals surface area (Å²) in [6, 6.07) is 5.99. The molecular weight excluding hydrogens is 229 g/mol. The lowest BCUT2D eigenvalue weighted by Crippen LogP contribution is -2.12. The molecule has 0 fully saturated rings. The Morgan fingerprint density at radius 1 is 1.25 bits per heavy atom. The van der Waals surface area contributed by atoms with Crippen LogP contribution < -0.4 is 5.32 Å². The van der Waals surface area contributed by atoms with Gasteiger partial charge < -0.3 is 5.32 Å². The minimum Gasteiger partial charge on any atom is -0.385 e. The van der Waals surface area contributed by atoms with Crippen LogP contribution in [0.4, 0.5) is 10.1 Å². The highest BCUT2D eigenvalue weighted by Gasteiger charge is 2.05. The topological polar surface area (TPSA) is 46.2 Å². The summed E-state index contributed by atoms with van der Waals surface area (Å²) in [5.74, 6) is 0.0976. The lowest BCUT2D eigenvalue weighted by atomic mass is 10.3. The minimum atomic E-state index is -2.88. The summed E-state index contributed by atoms with van der Waals surface area (Å²) >= 11 is 0. The van der Waals surface area contributed by atoms with Crippen molar-refractivity contribution in [3.63, 3.8) is 0 Å². The first-order valence-corrected chi connectivity index (χ1v) is 7.05. The number of anilines is 1. The lowest BCUT2D eigenvalue weighted by molar-refractivity contribution is 0.595. The van der Waals surface area contributed by atoms with E-state index >= 15 is 0 Å². The molecule has 0 aliphatic rings. The minimum absolute atomic E-state index is 0.184. The van der Waals surface area contributed by atoms with Crippen molar-refractivity contribution in [1.82, 2.24) is 0 Å². The Labute approximate surface area is 95.6 Å². The van der Waals surface area contributed by atoms with Crippen molar-refractivity contribution in [3.05, 3.63) is 30.1 Å². The molecule has 0 saturated heterocycles. The van der Waals surface area contributed by atoms with Gasteiger partial charge in [-0.25, -0.2) is 12.8 Å². The molecule has 0 aliphatic heterocycles. The van der Waals surface area contributed by atoms with Crippen LogP contribution in [-0.4, -0.2) is 26.5 Å². The van der Waals surface area contributed by atoms with E-state index < -0.39 is 9.84 Å². The van der Waals surface area contributed by atoms with Gasteiger partial charge in [0.2, 0.25) is 0 Å². The highest BCUT2D eigenvalue weighted by atomic mass is 32.2. The van der Waals surface area contributed by atoms with Crippen LogP contribution in [0.2, 0.25) is 0 Å². The van der Waals surface area contributed by atoms with Gasteiger partial charge in [0.15, 0.2) is 0 Å². The molecule has 0 spiro atoms. The Morgan fingerprint density at radius 2 is 1.88 bits per heavy atom. The zero-order valence-corrected chi connectivity index (χ0v) is 10.1. The maximum Gasteiger partial charge on any atom is 0.150 e. The smallest absolute Gasteiger partial charge is 0.150 e. The molecule has 1 aromatic carbocycles. The number of sulfone groups is 1. The van der Waals surface area contributed by atoms with Gasteiger partial charge in [-0.3, -0.25) is 0 Å². The molecule has 0 unspecified atom stereocenters. The predicted molar refractivity (Wildman–Crippen MR) is 63.8 cm³/mol. The van der Waals surface area contributed by atoms with E-state index in [-0.39, 0.29) is 17.3 Å². The van der Waals surface area contributed by atoms with E-state index in [1.54, 1.807) is 19.1 Å².